The van der Waals surface area contributed by atoms with Crippen molar-refractivity contribution in [3.05, 3.63) is 48.0 Å². The van der Waals surface area contributed by atoms with Crippen LogP contribution in [0.25, 0.3) is 10.8 Å². The summed E-state index contributed by atoms with van der Waals surface area (Å²) < 4.78 is 0. The van der Waals surface area contributed by atoms with E-state index in [0.717, 1.165) is 13.0 Å². The molecule has 0 saturated heterocycles. The number of hydrogen-bond donors (Lipinski definition) is 2. The molecule has 2 rings (SSSR count). The molecule has 0 saturated carbocycles. The Morgan fingerprint density at radius 2 is 1.84 bits per heavy atom. The quantitative estimate of drug-likeness (QED) is 0.831. The summed E-state index contributed by atoms with van der Waals surface area (Å²) in [6.07, 6.45) is 1.41. The lowest BCUT2D eigenvalue weighted by Gasteiger charge is -2.06. The van der Waals surface area contributed by atoms with Crippen molar-refractivity contribution < 1.29 is 4.79 Å². The fourth-order valence-electron chi connectivity index (χ4n) is 2.07. The van der Waals surface area contributed by atoms with Gasteiger partial charge in [0.05, 0.1) is 0 Å². The summed E-state index contributed by atoms with van der Waals surface area (Å²) in [5.41, 5.74) is 1.26. The third-order valence-corrected chi connectivity index (χ3v) is 3.15. The van der Waals surface area contributed by atoms with Crippen LogP contribution in [0.15, 0.2) is 42.5 Å². The van der Waals surface area contributed by atoms with E-state index in [-0.39, 0.29) is 5.91 Å². The highest BCUT2D eigenvalue weighted by molar-refractivity contribution is 5.83. The van der Waals surface area contributed by atoms with Gasteiger partial charge in [-0.25, -0.2) is 0 Å². The number of amides is 1. The van der Waals surface area contributed by atoms with E-state index < -0.39 is 0 Å². The van der Waals surface area contributed by atoms with Crippen LogP contribution >= 0.6 is 0 Å². The predicted octanol–water partition coefficient (Wildman–Crippen LogP) is 2.11. The minimum atomic E-state index is 0.107. The summed E-state index contributed by atoms with van der Waals surface area (Å²) in [4.78, 5) is 11.5. The minimum Gasteiger partial charge on any atom is -0.356 e. The van der Waals surface area contributed by atoms with Crippen molar-refractivity contribution in [2.24, 2.45) is 0 Å². The van der Waals surface area contributed by atoms with Gasteiger partial charge in [-0.1, -0.05) is 42.5 Å². The molecule has 0 bridgehead atoms. The van der Waals surface area contributed by atoms with E-state index in [0.29, 0.717) is 13.0 Å². The molecular weight excluding hydrogens is 236 g/mol. The molecule has 3 nitrogen and oxygen atoms in total. The SMILES string of the molecule is CNCCC(=O)NCCc1ccc2ccccc2c1. The summed E-state index contributed by atoms with van der Waals surface area (Å²) in [5.74, 6) is 0.107. The molecule has 2 N–H and O–H groups in total. The average Bonchev–Trinajstić information content (AvgIpc) is 2.45. The molecule has 0 spiro atoms. The monoisotopic (exact) mass is 256 g/mol. The van der Waals surface area contributed by atoms with Gasteiger partial charge in [0.15, 0.2) is 0 Å². The summed E-state index contributed by atoms with van der Waals surface area (Å²) in [5, 5.41) is 8.41. The van der Waals surface area contributed by atoms with E-state index in [2.05, 4.69) is 41.0 Å². The lowest BCUT2D eigenvalue weighted by molar-refractivity contribution is -0.120. The van der Waals surface area contributed by atoms with E-state index in [4.69, 9.17) is 0 Å². The Balaban J connectivity index is 1.86. The summed E-state index contributed by atoms with van der Waals surface area (Å²) in [6, 6.07) is 14.8. The number of carbonyl (C=O) groups is 1. The molecule has 0 aliphatic heterocycles. The first-order chi connectivity index (χ1) is 9.29. The van der Waals surface area contributed by atoms with Gasteiger partial charge in [0, 0.05) is 19.5 Å². The Hall–Kier alpha value is -1.87. The highest BCUT2D eigenvalue weighted by Gasteiger charge is 2.00. The highest BCUT2D eigenvalue weighted by Crippen LogP contribution is 2.15. The first kappa shape index (κ1) is 13.6. The first-order valence-electron chi connectivity index (χ1n) is 6.68. The van der Waals surface area contributed by atoms with Crippen molar-refractivity contribution in [2.45, 2.75) is 12.8 Å². The van der Waals surface area contributed by atoms with Crippen molar-refractivity contribution in [3.8, 4) is 0 Å². The van der Waals surface area contributed by atoms with Gasteiger partial charge in [0.1, 0.15) is 0 Å². The van der Waals surface area contributed by atoms with E-state index in [1.165, 1.54) is 16.3 Å². The van der Waals surface area contributed by atoms with E-state index in [1.807, 2.05) is 19.2 Å². The molecule has 2 aromatic carbocycles. The fraction of sp³-hybridized carbons (Fsp3) is 0.312. The normalized spacial score (nSPS) is 10.6. The maximum absolute atomic E-state index is 11.5. The van der Waals surface area contributed by atoms with Crippen molar-refractivity contribution in [3.63, 3.8) is 0 Å². The predicted molar refractivity (Wildman–Crippen MR) is 79.2 cm³/mol. The molecule has 19 heavy (non-hydrogen) atoms. The van der Waals surface area contributed by atoms with Crippen LogP contribution in [-0.2, 0) is 11.2 Å². The van der Waals surface area contributed by atoms with Gasteiger partial charge in [-0.3, -0.25) is 4.79 Å². The second-order valence-corrected chi connectivity index (χ2v) is 4.64. The average molecular weight is 256 g/mol. The zero-order valence-electron chi connectivity index (χ0n) is 11.3. The summed E-state index contributed by atoms with van der Waals surface area (Å²) >= 11 is 0. The highest BCUT2D eigenvalue weighted by atomic mass is 16.1. The van der Waals surface area contributed by atoms with Gasteiger partial charge in [-0.2, -0.15) is 0 Å². The largest absolute Gasteiger partial charge is 0.356 e. The van der Waals surface area contributed by atoms with Crippen LogP contribution in [0.3, 0.4) is 0 Å². The van der Waals surface area contributed by atoms with Crippen molar-refractivity contribution in [1.29, 1.82) is 0 Å². The van der Waals surface area contributed by atoms with Gasteiger partial charge >= 0.3 is 0 Å². The van der Waals surface area contributed by atoms with Crippen LogP contribution in [0, 0.1) is 0 Å². The molecule has 0 heterocycles. The molecule has 0 fully saturated rings. The van der Waals surface area contributed by atoms with Crippen LogP contribution < -0.4 is 10.6 Å². The Labute approximate surface area is 114 Å². The smallest absolute Gasteiger partial charge is 0.221 e. The fourth-order valence-corrected chi connectivity index (χ4v) is 2.07. The van der Waals surface area contributed by atoms with Crippen molar-refractivity contribution in [1.82, 2.24) is 10.6 Å². The molecule has 1 amide bonds. The molecule has 2 aromatic rings. The molecule has 0 unspecified atom stereocenters. The van der Waals surface area contributed by atoms with Crippen LogP contribution in [0.5, 0.6) is 0 Å². The third kappa shape index (κ3) is 4.07. The van der Waals surface area contributed by atoms with Gasteiger partial charge in [-0.15, -0.1) is 0 Å². The molecule has 100 valence electrons. The second-order valence-electron chi connectivity index (χ2n) is 4.64. The molecule has 0 aromatic heterocycles. The Morgan fingerprint density at radius 3 is 2.63 bits per heavy atom. The maximum Gasteiger partial charge on any atom is 0.221 e. The van der Waals surface area contributed by atoms with E-state index in [1.54, 1.807) is 0 Å². The van der Waals surface area contributed by atoms with Gasteiger partial charge in [0.2, 0.25) is 5.91 Å². The molecule has 0 atom stereocenters. The summed E-state index contributed by atoms with van der Waals surface area (Å²) in [6.45, 7) is 1.42. The summed E-state index contributed by atoms with van der Waals surface area (Å²) in [7, 11) is 1.85. The number of nitrogens with one attached hydrogen (secondary N) is 2. The van der Waals surface area contributed by atoms with Crippen LogP contribution in [0.2, 0.25) is 0 Å². The van der Waals surface area contributed by atoms with Crippen LogP contribution in [0.1, 0.15) is 12.0 Å². The van der Waals surface area contributed by atoms with E-state index >= 15 is 0 Å². The topological polar surface area (TPSA) is 41.1 Å². The standard InChI is InChI=1S/C16H20N2O/c1-17-10-9-16(19)18-11-8-13-6-7-14-4-2-3-5-15(14)12-13/h2-7,12,17H,8-11H2,1H3,(H,18,19). The van der Waals surface area contributed by atoms with Gasteiger partial charge in [0.25, 0.3) is 0 Å². The number of rotatable bonds is 6. The maximum atomic E-state index is 11.5. The number of hydrogen-bond acceptors (Lipinski definition) is 2. The lowest BCUT2D eigenvalue weighted by Crippen LogP contribution is -2.28. The molecular formula is C16H20N2O. The van der Waals surface area contributed by atoms with Crippen LogP contribution in [-0.4, -0.2) is 26.0 Å². The van der Waals surface area contributed by atoms with Gasteiger partial charge < -0.3 is 10.6 Å². The second kappa shape index (κ2) is 6.90. The van der Waals surface area contributed by atoms with E-state index in [9.17, 15) is 4.79 Å². The van der Waals surface area contributed by atoms with Crippen molar-refractivity contribution in [2.75, 3.05) is 20.1 Å². The zero-order chi connectivity index (χ0) is 13.5. The van der Waals surface area contributed by atoms with Gasteiger partial charge in [-0.05, 0) is 29.8 Å². The molecule has 0 aliphatic rings. The molecule has 0 radical (unpaired) electrons. The molecule has 3 heteroatoms. The number of fused-ring (bicyclic) bond motifs is 1. The lowest BCUT2D eigenvalue weighted by atomic mass is 10.1. The van der Waals surface area contributed by atoms with Crippen molar-refractivity contribution >= 4 is 16.7 Å². The Morgan fingerprint density at radius 1 is 1.05 bits per heavy atom. The Kier molecular flexibility index (Phi) is 4.93. The Bertz CT molecular complexity index is 551. The molecule has 0 aliphatic carbocycles. The number of carbonyl (C=O) groups excluding carboxylic acids is 1. The van der Waals surface area contributed by atoms with Crippen LogP contribution in [0.4, 0.5) is 0 Å². The third-order valence-electron chi connectivity index (χ3n) is 3.15. The zero-order valence-corrected chi connectivity index (χ0v) is 11.3. The number of benzene rings is 2. The minimum absolute atomic E-state index is 0.107. The first-order valence-corrected chi connectivity index (χ1v) is 6.68.